The van der Waals surface area contributed by atoms with Gasteiger partial charge in [0.05, 0.1) is 42.8 Å². The Hall–Kier alpha value is -4.43. The van der Waals surface area contributed by atoms with E-state index in [9.17, 15) is 29.9 Å². The molecule has 3 rings (SSSR count). The number of hydrogen-bond donors (Lipinski definition) is 6. The van der Waals surface area contributed by atoms with Crippen LogP contribution in [0.2, 0.25) is 0 Å². The molecule has 2 aromatic rings. The normalized spacial score (nSPS) is 13.6. The number of benzene rings is 2. The first kappa shape index (κ1) is 26.2. The number of anilines is 1. The number of carbonyl (C=O) groups is 3. The first-order valence-corrected chi connectivity index (χ1v) is 11.3. The molecule has 36 heavy (non-hydrogen) atoms. The number of carboxylic acid groups (broad SMARTS) is 1. The molecule has 11 heteroatoms. The number of amides is 2. The molecule has 0 spiro atoms. The lowest BCUT2D eigenvalue weighted by Crippen LogP contribution is -2.39. The van der Waals surface area contributed by atoms with Crippen molar-refractivity contribution in [2.24, 2.45) is 4.99 Å². The van der Waals surface area contributed by atoms with Crippen molar-refractivity contribution in [3.05, 3.63) is 64.7 Å². The highest BCUT2D eigenvalue weighted by Gasteiger charge is 2.23. The molecule has 1 heterocycles. The minimum Gasteiger partial charge on any atom is -0.481 e. The highest BCUT2D eigenvalue weighted by atomic mass is 16.4. The Bertz CT molecular complexity index is 1230. The van der Waals surface area contributed by atoms with Gasteiger partial charge in [-0.1, -0.05) is 12.1 Å². The van der Waals surface area contributed by atoms with Crippen LogP contribution in [0.25, 0.3) is 0 Å². The lowest BCUT2D eigenvalue weighted by atomic mass is 9.91. The zero-order valence-electron chi connectivity index (χ0n) is 20.0. The first-order valence-electron chi connectivity index (χ1n) is 11.3. The van der Waals surface area contributed by atoms with E-state index in [-0.39, 0.29) is 5.56 Å². The fourth-order valence-corrected chi connectivity index (χ4v) is 3.56. The van der Waals surface area contributed by atoms with Crippen LogP contribution in [0.5, 0.6) is 0 Å². The van der Waals surface area contributed by atoms with Gasteiger partial charge in [-0.05, 0) is 55.3 Å². The number of aliphatic hydroxyl groups is 1. The van der Waals surface area contributed by atoms with Gasteiger partial charge in [0.25, 0.3) is 5.91 Å². The van der Waals surface area contributed by atoms with Crippen molar-refractivity contribution in [2.45, 2.75) is 31.9 Å². The van der Waals surface area contributed by atoms with Crippen LogP contribution in [0, 0.1) is 11.3 Å². The van der Waals surface area contributed by atoms with Crippen LogP contribution < -0.4 is 21.3 Å². The summed E-state index contributed by atoms with van der Waals surface area (Å²) in [6.45, 7) is 4.09. The summed E-state index contributed by atoms with van der Waals surface area (Å²) in [7, 11) is 0. The van der Waals surface area contributed by atoms with E-state index in [1.165, 1.54) is 26.0 Å². The topological polar surface area (TPSA) is 176 Å². The molecule has 1 aliphatic heterocycles. The second-order valence-electron chi connectivity index (χ2n) is 8.78. The van der Waals surface area contributed by atoms with Gasteiger partial charge in [-0.2, -0.15) is 5.26 Å². The van der Waals surface area contributed by atoms with Gasteiger partial charge in [0.2, 0.25) is 5.91 Å². The SMILES string of the molecule is CC(C)(O)c1cc(C#N)cc([C@H](CC(=O)O)NC(=O)CNC(=O)c2cccc(NC3=NCCN3)c2)c1. The average molecular weight is 493 g/mol. The molecule has 0 saturated carbocycles. The molecule has 1 aliphatic rings. The van der Waals surface area contributed by atoms with E-state index < -0.39 is 42.4 Å². The molecule has 188 valence electrons. The minimum atomic E-state index is -1.28. The third-order valence-electron chi connectivity index (χ3n) is 5.38. The quantitative estimate of drug-likeness (QED) is 0.303. The van der Waals surface area contributed by atoms with Gasteiger partial charge >= 0.3 is 5.97 Å². The van der Waals surface area contributed by atoms with Gasteiger partial charge in [0, 0.05) is 17.8 Å². The lowest BCUT2D eigenvalue weighted by molar-refractivity contribution is -0.137. The molecule has 0 aliphatic carbocycles. The second kappa shape index (κ2) is 11.3. The molecular formula is C25H28N6O5. The summed E-state index contributed by atoms with van der Waals surface area (Å²) in [4.78, 5) is 40.9. The van der Waals surface area contributed by atoms with Crippen LogP contribution in [0.3, 0.4) is 0 Å². The number of rotatable bonds is 9. The van der Waals surface area contributed by atoms with Crippen molar-refractivity contribution in [3.63, 3.8) is 0 Å². The van der Waals surface area contributed by atoms with Crippen molar-refractivity contribution >= 4 is 29.4 Å². The molecule has 0 bridgehead atoms. The van der Waals surface area contributed by atoms with Crippen LogP contribution in [0.1, 0.15) is 53.4 Å². The van der Waals surface area contributed by atoms with E-state index in [1.807, 2.05) is 6.07 Å². The molecular weight excluding hydrogens is 464 g/mol. The predicted molar refractivity (Wildman–Crippen MR) is 132 cm³/mol. The number of carboxylic acids is 1. The fraction of sp³-hybridized carbons (Fsp3) is 0.320. The molecule has 0 aromatic heterocycles. The maximum Gasteiger partial charge on any atom is 0.305 e. The molecule has 2 amide bonds. The van der Waals surface area contributed by atoms with Crippen molar-refractivity contribution in [3.8, 4) is 6.07 Å². The first-order chi connectivity index (χ1) is 17.0. The lowest BCUT2D eigenvalue weighted by Gasteiger charge is -2.23. The Kier molecular flexibility index (Phi) is 8.24. The molecule has 0 radical (unpaired) electrons. The summed E-state index contributed by atoms with van der Waals surface area (Å²) in [5.74, 6) is -1.65. The predicted octanol–water partition coefficient (Wildman–Crippen LogP) is 1.22. The molecule has 0 saturated heterocycles. The third kappa shape index (κ3) is 7.28. The van der Waals surface area contributed by atoms with Gasteiger partial charge in [0.15, 0.2) is 5.96 Å². The van der Waals surface area contributed by atoms with E-state index in [2.05, 4.69) is 26.3 Å². The fourth-order valence-electron chi connectivity index (χ4n) is 3.56. The molecule has 0 unspecified atom stereocenters. The Morgan fingerprint density at radius 3 is 2.64 bits per heavy atom. The summed E-state index contributed by atoms with van der Waals surface area (Å²) in [6, 6.07) is 12.2. The Labute approximate surface area is 208 Å². The molecule has 11 nitrogen and oxygen atoms in total. The Morgan fingerprint density at radius 1 is 1.22 bits per heavy atom. The number of aliphatic imine (C=N–C) groups is 1. The molecule has 1 atom stereocenters. The number of aliphatic carboxylic acids is 1. The van der Waals surface area contributed by atoms with Crippen molar-refractivity contribution in [2.75, 3.05) is 25.0 Å². The summed E-state index contributed by atoms with van der Waals surface area (Å²) >= 11 is 0. The van der Waals surface area contributed by atoms with Gasteiger partial charge in [-0.3, -0.25) is 19.4 Å². The zero-order chi connectivity index (χ0) is 26.3. The summed E-state index contributed by atoms with van der Waals surface area (Å²) in [6.07, 6.45) is -0.453. The highest BCUT2D eigenvalue weighted by Crippen LogP contribution is 2.26. The van der Waals surface area contributed by atoms with Crippen LogP contribution in [-0.2, 0) is 15.2 Å². The van der Waals surface area contributed by atoms with Gasteiger partial charge in [0.1, 0.15) is 0 Å². The van der Waals surface area contributed by atoms with E-state index in [0.29, 0.717) is 34.9 Å². The largest absolute Gasteiger partial charge is 0.481 e. The number of guanidine groups is 1. The number of nitrogens with zero attached hydrogens (tertiary/aromatic N) is 2. The zero-order valence-corrected chi connectivity index (χ0v) is 20.0. The maximum atomic E-state index is 12.6. The summed E-state index contributed by atoms with van der Waals surface area (Å²) < 4.78 is 0. The smallest absolute Gasteiger partial charge is 0.305 e. The van der Waals surface area contributed by atoms with Gasteiger partial charge in [-0.25, -0.2) is 0 Å². The van der Waals surface area contributed by atoms with Crippen LogP contribution in [0.4, 0.5) is 5.69 Å². The average Bonchev–Trinajstić information content (AvgIpc) is 3.34. The summed E-state index contributed by atoms with van der Waals surface area (Å²) in [5, 5.41) is 40.3. The second-order valence-corrected chi connectivity index (χ2v) is 8.78. The Balaban J connectivity index is 1.68. The van der Waals surface area contributed by atoms with Crippen molar-refractivity contribution in [1.29, 1.82) is 5.26 Å². The molecule has 2 aromatic carbocycles. The molecule has 6 N–H and O–H groups in total. The minimum absolute atomic E-state index is 0.217. The third-order valence-corrected chi connectivity index (χ3v) is 5.38. The molecule has 0 fully saturated rings. The number of nitrogens with one attached hydrogen (secondary N) is 4. The standard InChI is InChI=1S/C25H28N6O5/c1-25(2,36)18-9-15(13-26)8-17(10-18)20(12-22(33)34)31-21(32)14-29-23(35)16-4-3-5-19(11-16)30-24-27-6-7-28-24/h3-5,8-11,20,36H,6-7,12,14H2,1-2H3,(H,29,35)(H,31,32)(H,33,34)(H2,27,28,30)/t20-/m0/s1. The van der Waals surface area contributed by atoms with Crippen LogP contribution in [-0.4, -0.2) is 53.6 Å². The number of hydrogen-bond acceptors (Lipinski definition) is 8. The van der Waals surface area contributed by atoms with E-state index in [4.69, 9.17) is 0 Å². The number of nitriles is 1. The van der Waals surface area contributed by atoms with Gasteiger partial charge < -0.3 is 31.5 Å². The maximum absolute atomic E-state index is 12.6. The van der Waals surface area contributed by atoms with E-state index in [1.54, 1.807) is 30.3 Å². The van der Waals surface area contributed by atoms with Crippen molar-refractivity contribution < 1.29 is 24.6 Å². The number of carbonyl (C=O) groups excluding carboxylic acids is 2. The Morgan fingerprint density at radius 2 is 2.00 bits per heavy atom. The van der Waals surface area contributed by atoms with E-state index in [0.717, 1.165) is 6.54 Å². The highest BCUT2D eigenvalue weighted by molar-refractivity contribution is 5.99. The van der Waals surface area contributed by atoms with Crippen molar-refractivity contribution in [1.82, 2.24) is 16.0 Å². The monoisotopic (exact) mass is 492 g/mol. The summed E-state index contributed by atoms with van der Waals surface area (Å²) in [5.41, 5.74) is 0.677. The van der Waals surface area contributed by atoms with Crippen LogP contribution in [0.15, 0.2) is 47.5 Å². The van der Waals surface area contributed by atoms with E-state index >= 15 is 0 Å². The van der Waals surface area contributed by atoms with Gasteiger partial charge in [-0.15, -0.1) is 0 Å². The van der Waals surface area contributed by atoms with Crippen LogP contribution >= 0.6 is 0 Å².